The average molecular weight is 392 g/mol. The van der Waals surface area contributed by atoms with Crippen LogP contribution in [0.2, 0.25) is 0 Å². The number of carbonyl (C=O) groups excluding carboxylic acids is 1. The van der Waals surface area contributed by atoms with Gasteiger partial charge in [0.2, 0.25) is 0 Å². The van der Waals surface area contributed by atoms with Gasteiger partial charge in [-0.1, -0.05) is 15.9 Å². The highest BCUT2D eigenvalue weighted by molar-refractivity contribution is 9.10. The SMILES string of the molecule is CCN(CC)c1ccc(C(=O)N/N=C\c2ccc(Br)cc2F)cc1. The third-order valence-electron chi connectivity index (χ3n) is 3.59. The van der Waals surface area contributed by atoms with Gasteiger partial charge in [0, 0.05) is 34.4 Å². The number of benzene rings is 2. The second kappa shape index (κ2) is 8.59. The molecule has 6 heteroatoms. The van der Waals surface area contributed by atoms with Crippen LogP contribution >= 0.6 is 15.9 Å². The zero-order valence-corrected chi connectivity index (χ0v) is 15.2. The molecule has 0 heterocycles. The number of halogens is 2. The maximum Gasteiger partial charge on any atom is 0.271 e. The van der Waals surface area contributed by atoms with Crippen molar-refractivity contribution in [2.24, 2.45) is 5.10 Å². The molecule has 0 aliphatic heterocycles. The van der Waals surface area contributed by atoms with Crippen molar-refractivity contribution in [1.82, 2.24) is 5.43 Å². The summed E-state index contributed by atoms with van der Waals surface area (Å²) in [5.74, 6) is -0.749. The molecule has 126 valence electrons. The van der Waals surface area contributed by atoms with Crippen LogP contribution < -0.4 is 10.3 Å². The number of rotatable bonds is 6. The molecule has 0 bridgehead atoms. The highest BCUT2D eigenvalue weighted by Crippen LogP contribution is 2.15. The Balaban J connectivity index is 2.00. The van der Waals surface area contributed by atoms with E-state index in [1.54, 1.807) is 24.3 Å². The Morgan fingerprint density at radius 2 is 1.88 bits per heavy atom. The number of carbonyl (C=O) groups is 1. The smallest absolute Gasteiger partial charge is 0.271 e. The quantitative estimate of drug-likeness (QED) is 0.592. The zero-order chi connectivity index (χ0) is 17.5. The van der Waals surface area contributed by atoms with Gasteiger partial charge in [-0.2, -0.15) is 5.10 Å². The Morgan fingerprint density at radius 3 is 2.46 bits per heavy atom. The summed E-state index contributed by atoms with van der Waals surface area (Å²) in [6.45, 7) is 5.98. The van der Waals surface area contributed by atoms with Crippen molar-refractivity contribution >= 4 is 33.7 Å². The van der Waals surface area contributed by atoms with Crippen molar-refractivity contribution in [3.63, 3.8) is 0 Å². The average Bonchev–Trinajstić information content (AvgIpc) is 2.58. The number of hydrogen-bond donors (Lipinski definition) is 1. The predicted molar refractivity (Wildman–Crippen MR) is 99.2 cm³/mol. The van der Waals surface area contributed by atoms with E-state index in [1.165, 1.54) is 12.3 Å². The lowest BCUT2D eigenvalue weighted by atomic mass is 10.2. The molecule has 0 saturated heterocycles. The van der Waals surface area contributed by atoms with Crippen LogP contribution in [0.4, 0.5) is 10.1 Å². The van der Waals surface area contributed by atoms with Gasteiger partial charge in [0.25, 0.3) is 5.91 Å². The van der Waals surface area contributed by atoms with Gasteiger partial charge < -0.3 is 4.90 Å². The van der Waals surface area contributed by atoms with Crippen LogP contribution in [0.5, 0.6) is 0 Å². The zero-order valence-electron chi connectivity index (χ0n) is 13.6. The Hall–Kier alpha value is -2.21. The topological polar surface area (TPSA) is 44.7 Å². The first-order valence-corrected chi connectivity index (χ1v) is 8.48. The van der Waals surface area contributed by atoms with E-state index in [1.807, 2.05) is 12.1 Å². The second-order valence-corrected chi connectivity index (χ2v) is 6.00. The fourth-order valence-electron chi connectivity index (χ4n) is 2.24. The van der Waals surface area contributed by atoms with Crippen molar-refractivity contribution < 1.29 is 9.18 Å². The molecular formula is C18H19BrFN3O. The first-order chi connectivity index (χ1) is 11.5. The number of anilines is 1. The third kappa shape index (κ3) is 4.64. The van der Waals surface area contributed by atoms with Crippen LogP contribution in [0.3, 0.4) is 0 Å². The Kier molecular flexibility index (Phi) is 6.49. The van der Waals surface area contributed by atoms with Crippen LogP contribution in [0.1, 0.15) is 29.8 Å². The molecule has 0 aromatic heterocycles. The van der Waals surface area contributed by atoms with Gasteiger partial charge >= 0.3 is 0 Å². The van der Waals surface area contributed by atoms with Gasteiger partial charge in [-0.25, -0.2) is 9.82 Å². The molecular weight excluding hydrogens is 373 g/mol. The monoisotopic (exact) mass is 391 g/mol. The van der Waals surface area contributed by atoms with Crippen LogP contribution in [0, 0.1) is 5.82 Å². The normalized spacial score (nSPS) is 10.8. The van der Waals surface area contributed by atoms with Gasteiger partial charge in [0.1, 0.15) is 5.82 Å². The lowest BCUT2D eigenvalue weighted by Gasteiger charge is -2.20. The fraction of sp³-hybridized carbons (Fsp3) is 0.222. The van der Waals surface area contributed by atoms with E-state index in [0.717, 1.165) is 18.8 Å². The minimum absolute atomic E-state index is 0.301. The first kappa shape index (κ1) is 18.1. The van der Waals surface area contributed by atoms with E-state index < -0.39 is 5.82 Å². The molecule has 0 radical (unpaired) electrons. The third-order valence-corrected chi connectivity index (χ3v) is 4.08. The maximum absolute atomic E-state index is 13.6. The number of hydrogen-bond acceptors (Lipinski definition) is 3. The fourth-order valence-corrected chi connectivity index (χ4v) is 2.58. The predicted octanol–water partition coefficient (Wildman–Crippen LogP) is 4.20. The molecule has 1 N–H and O–H groups in total. The van der Waals surface area contributed by atoms with Crippen LogP contribution in [-0.2, 0) is 0 Å². The van der Waals surface area contributed by atoms with E-state index in [9.17, 15) is 9.18 Å². The molecule has 2 aromatic rings. The van der Waals surface area contributed by atoms with Gasteiger partial charge in [0.15, 0.2) is 0 Å². The van der Waals surface area contributed by atoms with Gasteiger partial charge in [-0.15, -0.1) is 0 Å². The second-order valence-electron chi connectivity index (χ2n) is 5.08. The molecule has 0 aliphatic carbocycles. The highest BCUT2D eigenvalue weighted by atomic mass is 79.9. The standard InChI is InChI=1S/C18H19BrFN3O/c1-3-23(4-2)16-9-6-13(7-10-16)18(24)22-21-12-14-5-8-15(19)11-17(14)20/h5-12H,3-4H2,1-2H3,(H,22,24)/b21-12-. The molecule has 2 rings (SSSR count). The summed E-state index contributed by atoms with van der Waals surface area (Å²) < 4.78 is 14.3. The molecule has 0 atom stereocenters. The summed E-state index contributed by atoms with van der Waals surface area (Å²) in [6.07, 6.45) is 1.28. The number of hydrazone groups is 1. The molecule has 4 nitrogen and oxygen atoms in total. The van der Waals surface area contributed by atoms with Crippen LogP contribution in [0.15, 0.2) is 52.0 Å². The molecule has 24 heavy (non-hydrogen) atoms. The summed E-state index contributed by atoms with van der Waals surface area (Å²) in [6, 6.07) is 11.9. The van der Waals surface area contributed by atoms with Crippen molar-refractivity contribution in [2.75, 3.05) is 18.0 Å². The van der Waals surface area contributed by atoms with Crippen molar-refractivity contribution in [3.05, 3.63) is 63.9 Å². The Bertz CT molecular complexity index is 728. The maximum atomic E-state index is 13.6. The highest BCUT2D eigenvalue weighted by Gasteiger charge is 2.06. The molecule has 0 fully saturated rings. The summed E-state index contributed by atoms with van der Waals surface area (Å²) in [7, 11) is 0. The van der Waals surface area contributed by atoms with E-state index in [4.69, 9.17) is 0 Å². The van der Waals surface area contributed by atoms with Crippen molar-refractivity contribution in [1.29, 1.82) is 0 Å². The van der Waals surface area contributed by atoms with Crippen molar-refractivity contribution in [2.45, 2.75) is 13.8 Å². The van der Waals surface area contributed by atoms with Crippen LogP contribution in [-0.4, -0.2) is 25.2 Å². The van der Waals surface area contributed by atoms with Gasteiger partial charge in [-0.05, 0) is 56.3 Å². The van der Waals surface area contributed by atoms with E-state index >= 15 is 0 Å². The van der Waals surface area contributed by atoms with E-state index in [-0.39, 0.29) is 5.91 Å². The first-order valence-electron chi connectivity index (χ1n) is 7.68. The lowest BCUT2D eigenvalue weighted by molar-refractivity contribution is 0.0955. The summed E-state index contributed by atoms with van der Waals surface area (Å²) in [5, 5.41) is 3.81. The Morgan fingerprint density at radius 1 is 1.21 bits per heavy atom. The molecule has 0 unspecified atom stereocenters. The number of nitrogens with zero attached hydrogens (tertiary/aromatic N) is 2. The molecule has 2 aromatic carbocycles. The van der Waals surface area contributed by atoms with Gasteiger partial charge in [-0.3, -0.25) is 4.79 Å². The van der Waals surface area contributed by atoms with Gasteiger partial charge in [0.05, 0.1) is 6.21 Å². The molecule has 0 aliphatic rings. The number of amides is 1. The molecule has 1 amide bonds. The van der Waals surface area contributed by atoms with Crippen molar-refractivity contribution in [3.8, 4) is 0 Å². The van der Waals surface area contributed by atoms with E-state index in [0.29, 0.717) is 15.6 Å². The molecule has 0 saturated carbocycles. The summed E-state index contributed by atoms with van der Waals surface area (Å²) >= 11 is 3.19. The minimum Gasteiger partial charge on any atom is -0.372 e. The molecule has 0 spiro atoms. The van der Waals surface area contributed by atoms with Crippen LogP contribution in [0.25, 0.3) is 0 Å². The van der Waals surface area contributed by atoms with E-state index in [2.05, 4.69) is 45.2 Å². The number of nitrogens with one attached hydrogen (secondary N) is 1. The summed E-state index contributed by atoms with van der Waals surface area (Å²) in [5.41, 5.74) is 4.27. The largest absolute Gasteiger partial charge is 0.372 e. The summed E-state index contributed by atoms with van der Waals surface area (Å²) in [4.78, 5) is 14.2. The Labute approximate surface area is 149 Å². The minimum atomic E-state index is -0.411. The lowest BCUT2D eigenvalue weighted by Crippen LogP contribution is -2.22.